The fraction of sp³-hybridized carbons (Fsp3) is 0.174. The maximum absolute atomic E-state index is 14.4. The van der Waals surface area contributed by atoms with Gasteiger partial charge in [-0.3, -0.25) is 14.6 Å². The highest BCUT2D eigenvalue weighted by atomic mass is 79.9. The lowest BCUT2D eigenvalue weighted by Crippen LogP contribution is -2.36. The third-order valence-electron chi connectivity index (χ3n) is 4.99. The summed E-state index contributed by atoms with van der Waals surface area (Å²) in [5.74, 6) is -1.42. The van der Waals surface area contributed by atoms with E-state index in [1.54, 1.807) is 29.3 Å². The standard InChI is InChI=1S/C23H19BrFN3O3/c24-18-5-1-2-6-20(18)28-11-9-17(23(28)30)22(29)27-13-15-7-8-21(19(25)12-15)31-16-4-3-10-26-14-16/h1-8,10,12,14,17H,9,11,13H2,(H,27,29). The predicted octanol–water partition coefficient (Wildman–Crippen LogP) is 4.44. The number of para-hydroxylation sites is 1. The molecule has 2 heterocycles. The van der Waals surface area contributed by atoms with Gasteiger partial charge < -0.3 is 15.0 Å². The summed E-state index contributed by atoms with van der Waals surface area (Å²) in [5, 5.41) is 2.74. The smallest absolute Gasteiger partial charge is 0.239 e. The van der Waals surface area contributed by atoms with Crippen LogP contribution in [-0.4, -0.2) is 23.3 Å². The summed E-state index contributed by atoms with van der Waals surface area (Å²) >= 11 is 3.44. The Kier molecular flexibility index (Phi) is 6.27. The molecule has 158 valence electrons. The van der Waals surface area contributed by atoms with E-state index in [1.165, 1.54) is 18.3 Å². The maximum atomic E-state index is 14.4. The first-order chi connectivity index (χ1) is 15.0. The average Bonchev–Trinajstić information content (AvgIpc) is 3.16. The summed E-state index contributed by atoms with van der Waals surface area (Å²) < 4.78 is 20.6. The Bertz CT molecular complexity index is 1110. The third kappa shape index (κ3) is 4.74. The van der Waals surface area contributed by atoms with Gasteiger partial charge in [0, 0.05) is 23.8 Å². The molecule has 1 aromatic heterocycles. The molecule has 1 unspecified atom stereocenters. The molecule has 31 heavy (non-hydrogen) atoms. The molecule has 3 aromatic rings. The quantitative estimate of drug-likeness (QED) is 0.525. The monoisotopic (exact) mass is 483 g/mol. The van der Waals surface area contributed by atoms with Crippen LogP contribution in [0.4, 0.5) is 10.1 Å². The SMILES string of the molecule is O=C(NCc1ccc(Oc2cccnc2)c(F)c1)C1CCN(c2ccccc2Br)C1=O. The number of aromatic nitrogens is 1. The number of hydrogen-bond donors (Lipinski definition) is 1. The number of benzene rings is 2. The molecule has 0 bridgehead atoms. The molecule has 1 fully saturated rings. The normalized spacial score (nSPS) is 15.7. The number of nitrogens with zero attached hydrogens (tertiary/aromatic N) is 2. The molecule has 8 heteroatoms. The van der Waals surface area contributed by atoms with Gasteiger partial charge in [0.05, 0.1) is 11.9 Å². The number of carbonyl (C=O) groups excluding carboxylic acids is 2. The number of pyridine rings is 1. The van der Waals surface area contributed by atoms with E-state index >= 15 is 0 Å². The van der Waals surface area contributed by atoms with Crippen molar-refractivity contribution in [2.45, 2.75) is 13.0 Å². The Morgan fingerprint density at radius 3 is 2.81 bits per heavy atom. The zero-order valence-electron chi connectivity index (χ0n) is 16.4. The summed E-state index contributed by atoms with van der Waals surface area (Å²) in [6.45, 7) is 0.580. The number of carbonyl (C=O) groups is 2. The number of ether oxygens (including phenoxy) is 1. The van der Waals surface area contributed by atoms with Gasteiger partial charge in [-0.05, 0) is 64.3 Å². The van der Waals surface area contributed by atoms with Crippen molar-refractivity contribution >= 4 is 33.4 Å². The van der Waals surface area contributed by atoms with Crippen molar-refractivity contribution in [3.63, 3.8) is 0 Å². The molecular formula is C23H19BrFN3O3. The second kappa shape index (κ2) is 9.26. The number of halogens is 2. The number of anilines is 1. The molecule has 1 saturated heterocycles. The van der Waals surface area contributed by atoms with Crippen LogP contribution >= 0.6 is 15.9 Å². The third-order valence-corrected chi connectivity index (χ3v) is 5.66. The van der Waals surface area contributed by atoms with E-state index in [4.69, 9.17) is 4.74 Å². The van der Waals surface area contributed by atoms with E-state index in [1.807, 2.05) is 24.3 Å². The van der Waals surface area contributed by atoms with Gasteiger partial charge in [-0.15, -0.1) is 0 Å². The van der Waals surface area contributed by atoms with Gasteiger partial charge in [0.15, 0.2) is 11.6 Å². The fourth-order valence-electron chi connectivity index (χ4n) is 3.42. The number of hydrogen-bond acceptors (Lipinski definition) is 4. The van der Waals surface area contributed by atoms with Crippen molar-refractivity contribution in [3.8, 4) is 11.5 Å². The Morgan fingerprint density at radius 2 is 2.06 bits per heavy atom. The number of nitrogens with one attached hydrogen (secondary N) is 1. The van der Waals surface area contributed by atoms with Crippen molar-refractivity contribution in [1.29, 1.82) is 0 Å². The van der Waals surface area contributed by atoms with Crippen LogP contribution in [0.3, 0.4) is 0 Å². The molecular weight excluding hydrogens is 465 g/mol. The molecule has 2 aromatic carbocycles. The average molecular weight is 484 g/mol. The van der Waals surface area contributed by atoms with Gasteiger partial charge in [0.2, 0.25) is 11.8 Å². The van der Waals surface area contributed by atoms with Gasteiger partial charge >= 0.3 is 0 Å². The molecule has 0 aliphatic carbocycles. The van der Waals surface area contributed by atoms with Crippen LogP contribution in [0.15, 0.2) is 71.5 Å². The summed E-state index contributed by atoms with van der Waals surface area (Å²) in [7, 11) is 0. The maximum Gasteiger partial charge on any atom is 0.239 e. The molecule has 1 aliphatic rings. The Hall–Kier alpha value is -3.26. The van der Waals surface area contributed by atoms with Gasteiger partial charge in [-0.1, -0.05) is 18.2 Å². The fourth-order valence-corrected chi connectivity index (χ4v) is 3.92. The van der Waals surface area contributed by atoms with Crippen molar-refractivity contribution in [2.75, 3.05) is 11.4 Å². The summed E-state index contributed by atoms with van der Waals surface area (Å²) in [6, 6.07) is 15.2. The van der Waals surface area contributed by atoms with Crippen LogP contribution in [0.5, 0.6) is 11.5 Å². The van der Waals surface area contributed by atoms with Crippen LogP contribution in [0, 0.1) is 11.7 Å². The topological polar surface area (TPSA) is 71.5 Å². The molecule has 0 spiro atoms. The highest BCUT2D eigenvalue weighted by Gasteiger charge is 2.38. The first-order valence-electron chi connectivity index (χ1n) is 9.73. The zero-order chi connectivity index (χ0) is 21.8. The Balaban J connectivity index is 1.36. The molecule has 1 N–H and O–H groups in total. The zero-order valence-corrected chi connectivity index (χ0v) is 18.0. The second-order valence-electron chi connectivity index (χ2n) is 7.06. The molecule has 2 amide bonds. The van der Waals surface area contributed by atoms with Gasteiger partial charge in [-0.25, -0.2) is 4.39 Å². The van der Waals surface area contributed by atoms with E-state index < -0.39 is 11.7 Å². The van der Waals surface area contributed by atoms with Crippen LogP contribution in [0.25, 0.3) is 0 Å². The summed E-state index contributed by atoms with van der Waals surface area (Å²) in [4.78, 5) is 30.9. The van der Waals surface area contributed by atoms with E-state index in [-0.39, 0.29) is 24.1 Å². The minimum absolute atomic E-state index is 0.0677. The molecule has 1 aliphatic heterocycles. The van der Waals surface area contributed by atoms with Crippen molar-refractivity contribution in [3.05, 3.63) is 82.8 Å². The van der Waals surface area contributed by atoms with Crippen LogP contribution < -0.4 is 15.0 Å². The summed E-state index contributed by atoms with van der Waals surface area (Å²) in [5.41, 5.74) is 1.31. The highest BCUT2D eigenvalue weighted by Crippen LogP contribution is 2.31. The number of rotatable bonds is 6. The minimum atomic E-state index is -0.759. The van der Waals surface area contributed by atoms with Crippen molar-refractivity contribution in [1.82, 2.24) is 10.3 Å². The first-order valence-corrected chi connectivity index (χ1v) is 10.5. The molecule has 1 atom stereocenters. The molecule has 0 radical (unpaired) electrons. The van der Waals surface area contributed by atoms with E-state index in [2.05, 4.69) is 26.2 Å². The Morgan fingerprint density at radius 1 is 1.23 bits per heavy atom. The van der Waals surface area contributed by atoms with Crippen LogP contribution in [-0.2, 0) is 16.1 Å². The highest BCUT2D eigenvalue weighted by molar-refractivity contribution is 9.10. The summed E-state index contributed by atoms with van der Waals surface area (Å²) in [6.07, 6.45) is 3.52. The predicted molar refractivity (Wildman–Crippen MR) is 117 cm³/mol. The molecule has 4 rings (SSSR count). The largest absolute Gasteiger partial charge is 0.453 e. The minimum Gasteiger partial charge on any atom is -0.453 e. The van der Waals surface area contributed by atoms with E-state index in [9.17, 15) is 14.0 Å². The lowest BCUT2D eigenvalue weighted by molar-refractivity contribution is -0.132. The van der Waals surface area contributed by atoms with Gasteiger partial charge in [0.1, 0.15) is 11.7 Å². The Labute approximate surface area is 187 Å². The van der Waals surface area contributed by atoms with E-state index in [0.717, 1.165) is 10.2 Å². The van der Waals surface area contributed by atoms with Gasteiger partial charge in [-0.2, -0.15) is 0 Å². The van der Waals surface area contributed by atoms with Crippen molar-refractivity contribution in [2.24, 2.45) is 5.92 Å². The van der Waals surface area contributed by atoms with Crippen LogP contribution in [0.1, 0.15) is 12.0 Å². The first kappa shape index (κ1) is 21.0. The lowest BCUT2D eigenvalue weighted by Gasteiger charge is -2.18. The van der Waals surface area contributed by atoms with Crippen molar-refractivity contribution < 1.29 is 18.7 Å². The number of amides is 2. The molecule has 0 saturated carbocycles. The lowest BCUT2D eigenvalue weighted by atomic mass is 10.1. The molecule has 6 nitrogen and oxygen atoms in total. The van der Waals surface area contributed by atoms with E-state index in [0.29, 0.717) is 24.3 Å². The van der Waals surface area contributed by atoms with Crippen LogP contribution in [0.2, 0.25) is 0 Å². The van der Waals surface area contributed by atoms with Gasteiger partial charge in [0.25, 0.3) is 0 Å². The second-order valence-corrected chi connectivity index (χ2v) is 7.91.